The molecular formula is C20H17N3O7. The van der Waals surface area contributed by atoms with Gasteiger partial charge in [0, 0.05) is 12.1 Å². The number of carbonyl (C=O) groups excluding carboxylic acids is 1. The fourth-order valence-corrected chi connectivity index (χ4v) is 2.75. The summed E-state index contributed by atoms with van der Waals surface area (Å²) in [5.74, 6) is 0.605. The highest BCUT2D eigenvalue weighted by Crippen LogP contribution is 2.39. The van der Waals surface area contributed by atoms with Gasteiger partial charge in [-0.1, -0.05) is 0 Å². The van der Waals surface area contributed by atoms with Crippen molar-refractivity contribution in [2.45, 2.75) is 0 Å². The maximum Gasteiger partial charge on any atom is 0.296 e. The molecule has 0 unspecified atom stereocenters. The Hall–Kier alpha value is -4.26. The summed E-state index contributed by atoms with van der Waals surface area (Å²) in [6.45, 7) is 0.542. The van der Waals surface area contributed by atoms with E-state index in [4.69, 9.17) is 18.9 Å². The van der Waals surface area contributed by atoms with Gasteiger partial charge in [0.05, 0.1) is 25.2 Å². The highest BCUT2D eigenvalue weighted by molar-refractivity contribution is 6.10. The maximum atomic E-state index is 12.6. The van der Waals surface area contributed by atoms with Crippen molar-refractivity contribution in [3.05, 3.63) is 51.6 Å². The number of methoxy groups -OCH3 is 2. The molecule has 1 aliphatic heterocycles. The molecule has 0 bridgehead atoms. The molecule has 0 radical (unpaired) electrons. The van der Waals surface area contributed by atoms with E-state index in [0.29, 0.717) is 17.1 Å². The third-order valence-corrected chi connectivity index (χ3v) is 4.16. The lowest BCUT2D eigenvalue weighted by Gasteiger charge is -2.19. The van der Waals surface area contributed by atoms with Crippen LogP contribution in [-0.2, 0) is 4.79 Å². The number of amides is 1. The summed E-state index contributed by atoms with van der Waals surface area (Å²) in [7, 11) is 2.95. The summed E-state index contributed by atoms with van der Waals surface area (Å²) in [5.41, 5.74) is -0.282. The number of nitrogens with zero attached hydrogens (tertiary/aromatic N) is 2. The minimum atomic E-state index is -0.820. The minimum absolute atomic E-state index is 0.112. The van der Waals surface area contributed by atoms with Crippen LogP contribution in [0.15, 0.2) is 35.9 Å². The summed E-state index contributed by atoms with van der Waals surface area (Å²) in [4.78, 5) is 23.4. The van der Waals surface area contributed by atoms with E-state index < -0.39 is 10.8 Å². The average Bonchev–Trinajstić information content (AvgIpc) is 2.76. The van der Waals surface area contributed by atoms with Crippen LogP contribution < -0.4 is 24.3 Å². The molecule has 0 aromatic heterocycles. The van der Waals surface area contributed by atoms with Gasteiger partial charge in [0.15, 0.2) is 11.5 Å². The topological polar surface area (TPSA) is 133 Å². The SMILES string of the molecule is COc1cc(C=C(C#N)C(=O)Nc2cc3c(cc2[N+](=O)[O-])OCCO3)cc(OC)c1. The number of carbonyl (C=O) groups is 1. The van der Waals surface area contributed by atoms with E-state index in [1.165, 1.54) is 32.4 Å². The van der Waals surface area contributed by atoms with Gasteiger partial charge in [-0.15, -0.1) is 0 Å². The Morgan fingerprint density at radius 2 is 1.73 bits per heavy atom. The van der Waals surface area contributed by atoms with Crippen LogP contribution in [0.3, 0.4) is 0 Å². The first-order chi connectivity index (χ1) is 14.4. The van der Waals surface area contributed by atoms with E-state index in [1.807, 2.05) is 0 Å². The molecular weight excluding hydrogens is 394 g/mol. The molecule has 1 aliphatic rings. The predicted molar refractivity (Wildman–Crippen MR) is 106 cm³/mol. The zero-order chi connectivity index (χ0) is 21.7. The van der Waals surface area contributed by atoms with Gasteiger partial charge in [0.25, 0.3) is 11.6 Å². The molecule has 0 atom stereocenters. The molecule has 10 nitrogen and oxygen atoms in total. The second-order valence-electron chi connectivity index (χ2n) is 6.04. The number of nitro benzene ring substituents is 1. The first kappa shape index (κ1) is 20.5. The first-order valence-electron chi connectivity index (χ1n) is 8.69. The highest BCUT2D eigenvalue weighted by Gasteiger charge is 2.24. The molecule has 0 saturated carbocycles. The van der Waals surface area contributed by atoms with Crippen molar-refractivity contribution in [1.29, 1.82) is 5.26 Å². The molecule has 154 valence electrons. The van der Waals surface area contributed by atoms with Crippen LogP contribution in [0.5, 0.6) is 23.0 Å². The number of nitriles is 1. The predicted octanol–water partition coefficient (Wildman–Crippen LogP) is 2.93. The van der Waals surface area contributed by atoms with Gasteiger partial charge in [-0.2, -0.15) is 5.26 Å². The van der Waals surface area contributed by atoms with Crippen molar-refractivity contribution in [3.8, 4) is 29.1 Å². The number of hydrogen-bond acceptors (Lipinski definition) is 8. The van der Waals surface area contributed by atoms with Crippen molar-refractivity contribution < 1.29 is 28.7 Å². The Labute approximate surface area is 171 Å². The van der Waals surface area contributed by atoms with E-state index in [9.17, 15) is 20.2 Å². The number of rotatable bonds is 6. The van der Waals surface area contributed by atoms with Crippen LogP contribution in [0.2, 0.25) is 0 Å². The van der Waals surface area contributed by atoms with E-state index in [-0.39, 0.29) is 41.7 Å². The molecule has 0 spiro atoms. The van der Waals surface area contributed by atoms with Gasteiger partial charge >= 0.3 is 0 Å². The summed E-state index contributed by atoms with van der Waals surface area (Å²) >= 11 is 0. The third-order valence-electron chi connectivity index (χ3n) is 4.16. The van der Waals surface area contributed by atoms with Crippen LogP contribution in [0, 0.1) is 21.4 Å². The minimum Gasteiger partial charge on any atom is -0.497 e. The van der Waals surface area contributed by atoms with Gasteiger partial charge in [0.2, 0.25) is 0 Å². The van der Waals surface area contributed by atoms with Crippen LogP contribution in [0.4, 0.5) is 11.4 Å². The number of ether oxygens (including phenoxy) is 4. The van der Waals surface area contributed by atoms with E-state index in [0.717, 1.165) is 0 Å². The van der Waals surface area contributed by atoms with Crippen molar-refractivity contribution in [2.24, 2.45) is 0 Å². The molecule has 2 aromatic carbocycles. The zero-order valence-corrected chi connectivity index (χ0v) is 16.1. The quantitative estimate of drug-likeness (QED) is 0.332. The molecule has 1 amide bonds. The van der Waals surface area contributed by atoms with Gasteiger partial charge in [-0.25, -0.2) is 0 Å². The lowest BCUT2D eigenvalue weighted by molar-refractivity contribution is -0.384. The van der Waals surface area contributed by atoms with Crippen LogP contribution in [0.1, 0.15) is 5.56 Å². The van der Waals surface area contributed by atoms with Crippen molar-refractivity contribution in [3.63, 3.8) is 0 Å². The second-order valence-corrected chi connectivity index (χ2v) is 6.04. The van der Waals surface area contributed by atoms with Crippen molar-refractivity contribution in [1.82, 2.24) is 0 Å². The standard InChI is InChI=1S/C20H17N3O7/c1-27-14-6-12(7-15(8-14)28-2)5-13(11-21)20(24)22-16-9-18-19(30-4-3-29-18)10-17(16)23(25)26/h5-10H,3-4H2,1-2H3,(H,22,24). The Morgan fingerprint density at radius 1 is 1.13 bits per heavy atom. The second kappa shape index (κ2) is 8.83. The van der Waals surface area contributed by atoms with Gasteiger partial charge < -0.3 is 24.3 Å². The van der Waals surface area contributed by atoms with E-state index >= 15 is 0 Å². The molecule has 0 aliphatic carbocycles. The Balaban J connectivity index is 1.93. The Bertz CT molecular complexity index is 1050. The van der Waals surface area contributed by atoms with Crippen molar-refractivity contribution in [2.75, 3.05) is 32.8 Å². The summed E-state index contributed by atoms with van der Waals surface area (Å²) in [6, 6.07) is 9.13. The van der Waals surface area contributed by atoms with Gasteiger partial charge in [-0.05, 0) is 23.8 Å². The van der Waals surface area contributed by atoms with Gasteiger partial charge in [-0.3, -0.25) is 14.9 Å². The normalized spacial score (nSPS) is 12.5. The van der Waals surface area contributed by atoms with Crippen LogP contribution in [-0.4, -0.2) is 38.3 Å². The first-order valence-corrected chi connectivity index (χ1v) is 8.69. The number of fused-ring (bicyclic) bond motifs is 1. The van der Waals surface area contributed by atoms with Crippen molar-refractivity contribution >= 4 is 23.4 Å². The number of hydrogen-bond donors (Lipinski definition) is 1. The molecule has 1 heterocycles. The lowest BCUT2D eigenvalue weighted by Crippen LogP contribution is -2.18. The van der Waals surface area contributed by atoms with Crippen LogP contribution >= 0.6 is 0 Å². The fourth-order valence-electron chi connectivity index (χ4n) is 2.75. The van der Waals surface area contributed by atoms with Gasteiger partial charge in [0.1, 0.15) is 42.0 Å². The summed E-state index contributed by atoms with van der Waals surface area (Å²) in [6.07, 6.45) is 1.32. The lowest BCUT2D eigenvalue weighted by atomic mass is 10.1. The zero-order valence-electron chi connectivity index (χ0n) is 16.1. The molecule has 3 rings (SSSR count). The Morgan fingerprint density at radius 3 is 2.27 bits per heavy atom. The number of anilines is 1. The summed E-state index contributed by atoms with van der Waals surface area (Å²) < 4.78 is 21.1. The monoisotopic (exact) mass is 411 g/mol. The number of benzene rings is 2. The number of nitro groups is 1. The Kier molecular flexibility index (Phi) is 6.03. The molecule has 2 aromatic rings. The number of nitrogens with one attached hydrogen (secondary N) is 1. The highest BCUT2D eigenvalue weighted by atomic mass is 16.6. The van der Waals surface area contributed by atoms with Crippen LogP contribution in [0.25, 0.3) is 6.08 Å². The largest absolute Gasteiger partial charge is 0.497 e. The maximum absolute atomic E-state index is 12.6. The molecule has 0 saturated heterocycles. The molecule has 0 fully saturated rings. The summed E-state index contributed by atoms with van der Waals surface area (Å²) in [5, 5.41) is 23.3. The van der Waals surface area contributed by atoms with E-state index in [2.05, 4.69) is 5.32 Å². The molecule has 10 heteroatoms. The third kappa shape index (κ3) is 4.41. The van der Waals surface area contributed by atoms with E-state index in [1.54, 1.807) is 24.3 Å². The smallest absolute Gasteiger partial charge is 0.296 e. The average molecular weight is 411 g/mol. The fraction of sp³-hybridized carbons (Fsp3) is 0.200. The molecule has 1 N–H and O–H groups in total. The molecule has 30 heavy (non-hydrogen) atoms.